The summed E-state index contributed by atoms with van der Waals surface area (Å²) >= 11 is 0. The van der Waals surface area contributed by atoms with E-state index in [9.17, 15) is 22.8 Å². The van der Waals surface area contributed by atoms with Gasteiger partial charge in [-0.3, -0.25) is 9.59 Å². The highest BCUT2D eigenvalue weighted by atomic mass is 19.4. The monoisotopic (exact) mass is 329 g/mol. The van der Waals surface area contributed by atoms with Crippen LogP contribution in [0.2, 0.25) is 0 Å². The molecule has 0 radical (unpaired) electrons. The number of amides is 1. The molecule has 0 saturated heterocycles. The van der Waals surface area contributed by atoms with Gasteiger partial charge >= 0.3 is 12.1 Å². The number of nitrogens with one attached hydrogen (secondary N) is 1. The number of benzene rings is 1. The van der Waals surface area contributed by atoms with Crippen molar-refractivity contribution in [1.82, 2.24) is 5.32 Å². The van der Waals surface area contributed by atoms with Crippen molar-refractivity contribution >= 4 is 11.9 Å². The van der Waals surface area contributed by atoms with Gasteiger partial charge < -0.3 is 10.4 Å². The molecule has 0 aliphatic heterocycles. The standard InChI is InChI=1S/C16H18F3NO3/c1-15(2,8-20-13(21)11-7-12(11)14(22)23)9-4-3-5-10(6-9)16(17,18)19/h3-6,11-12H,7-8H2,1-2H3,(H,20,21)(H,22,23). The van der Waals surface area contributed by atoms with E-state index in [0.29, 0.717) is 12.0 Å². The van der Waals surface area contributed by atoms with Gasteiger partial charge in [0.2, 0.25) is 5.91 Å². The first kappa shape index (κ1) is 17.3. The third-order valence-corrected chi connectivity index (χ3v) is 4.12. The molecule has 126 valence electrons. The van der Waals surface area contributed by atoms with Gasteiger partial charge in [0, 0.05) is 12.0 Å². The Hall–Kier alpha value is -2.05. The molecule has 4 nitrogen and oxygen atoms in total. The van der Waals surface area contributed by atoms with Gasteiger partial charge in [0.1, 0.15) is 0 Å². The van der Waals surface area contributed by atoms with Crippen molar-refractivity contribution in [3.63, 3.8) is 0 Å². The second-order valence-electron chi connectivity index (χ2n) is 6.47. The third kappa shape index (κ3) is 4.03. The summed E-state index contributed by atoms with van der Waals surface area (Å²) < 4.78 is 38.3. The lowest BCUT2D eigenvalue weighted by Gasteiger charge is -2.26. The van der Waals surface area contributed by atoms with Crippen LogP contribution in [0, 0.1) is 11.8 Å². The minimum Gasteiger partial charge on any atom is -0.481 e. The number of hydrogen-bond donors (Lipinski definition) is 2. The van der Waals surface area contributed by atoms with Gasteiger partial charge in [-0.1, -0.05) is 32.0 Å². The van der Waals surface area contributed by atoms with Gasteiger partial charge in [-0.05, 0) is 18.1 Å². The molecule has 1 aliphatic rings. The lowest BCUT2D eigenvalue weighted by Crippen LogP contribution is -2.38. The number of alkyl halides is 3. The molecule has 1 saturated carbocycles. The summed E-state index contributed by atoms with van der Waals surface area (Å²) in [6.07, 6.45) is -4.11. The average Bonchev–Trinajstić information content (AvgIpc) is 3.25. The van der Waals surface area contributed by atoms with Crippen LogP contribution in [0.15, 0.2) is 24.3 Å². The van der Waals surface area contributed by atoms with E-state index in [0.717, 1.165) is 12.1 Å². The molecule has 7 heteroatoms. The van der Waals surface area contributed by atoms with Crippen LogP contribution < -0.4 is 5.32 Å². The molecule has 23 heavy (non-hydrogen) atoms. The Morgan fingerprint density at radius 1 is 1.22 bits per heavy atom. The summed E-state index contributed by atoms with van der Waals surface area (Å²) in [6.45, 7) is 3.59. The minimum absolute atomic E-state index is 0.135. The summed E-state index contributed by atoms with van der Waals surface area (Å²) in [5.74, 6) is -2.55. The molecule has 0 spiro atoms. The maximum atomic E-state index is 12.8. The lowest BCUT2D eigenvalue weighted by molar-refractivity contribution is -0.140. The molecule has 1 aromatic rings. The van der Waals surface area contributed by atoms with E-state index in [1.165, 1.54) is 6.07 Å². The molecule has 2 N–H and O–H groups in total. The van der Waals surface area contributed by atoms with E-state index in [2.05, 4.69) is 5.32 Å². The number of hydrogen-bond acceptors (Lipinski definition) is 2. The minimum atomic E-state index is -4.42. The largest absolute Gasteiger partial charge is 0.481 e. The van der Waals surface area contributed by atoms with Crippen molar-refractivity contribution in [3.8, 4) is 0 Å². The maximum absolute atomic E-state index is 12.8. The number of carboxylic acid groups (broad SMARTS) is 1. The molecule has 1 aliphatic carbocycles. The SMILES string of the molecule is CC(C)(CNC(=O)C1CC1C(=O)O)c1cccc(C(F)(F)F)c1. The smallest absolute Gasteiger partial charge is 0.416 e. The van der Waals surface area contributed by atoms with E-state index in [4.69, 9.17) is 5.11 Å². The fraction of sp³-hybridized carbons (Fsp3) is 0.500. The quantitative estimate of drug-likeness (QED) is 0.873. The van der Waals surface area contributed by atoms with E-state index < -0.39 is 35.0 Å². The molecule has 2 unspecified atom stereocenters. The number of aliphatic carboxylic acids is 1. The summed E-state index contributed by atoms with van der Waals surface area (Å²) in [5.41, 5.74) is -0.981. The number of halogens is 3. The van der Waals surface area contributed by atoms with Crippen LogP contribution in [0.1, 0.15) is 31.4 Å². The highest BCUT2D eigenvalue weighted by molar-refractivity contribution is 5.89. The number of carbonyl (C=O) groups is 2. The van der Waals surface area contributed by atoms with E-state index >= 15 is 0 Å². The summed E-state index contributed by atoms with van der Waals surface area (Å²) in [4.78, 5) is 22.6. The Kier molecular flexibility index (Phi) is 4.41. The topological polar surface area (TPSA) is 66.4 Å². The molecule has 0 heterocycles. The van der Waals surface area contributed by atoms with Crippen molar-refractivity contribution < 1.29 is 27.9 Å². The first-order valence-electron chi connectivity index (χ1n) is 7.20. The first-order chi connectivity index (χ1) is 10.5. The van der Waals surface area contributed by atoms with Crippen LogP contribution in [-0.2, 0) is 21.2 Å². The zero-order valence-electron chi connectivity index (χ0n) is 12.8. The maximum Gasteiger partial charge on any atom is 0.416 e. The molecule has 2 rings (SSSR count). The fourth-order valence-corrected chi connectivity index (χ4v) is 2.42. The van der Waals surface area contributed by atoms with E-state index in [-0.39, 0.29) is 12.5 Å². The van der Waals surface area contributed by atoms with Crippen molar-refractivity contribution in [1.29, 1.82) is 0 Å². The lowest BCUT2D eigenvalue weighted by atomic mass is 9.83. The Balaban J connectivity index is 2.02. The summed E-state index contributed by atoms with van der Waals surface area (Å²) in [5, 5.41) is 11.4. The zero-order valence-corrected chi connectivity index (χ0v) is 12.8. The van der Waals surface area contributed by atoms with Gasteiger partial charge in [-0.2, -0.15) is 13.2 Å². The second kappa shape index (κ2) is 5.86. The molecular weight excluding hydrogens is 311 g/mol. The van der Waals surface area contributed by atoms with Gasteiger partial charge in [-0.15, -0.1) is 0 Å². The normalized spacial score (nSPS) is 20.9. The van der Waals surface area contributed by atoms with Crippen LogP contribution in [0.5, 0.6) is 0 Å². The first-order valence-corrected chi connectivity index (χ1v) is 7.20. The highest BCUT2D eigenvalue weighted by Crippen LogP contribution is 2.39. The molecule has 1 amide bonds. The third-order valence-electron chi connectivity index (χ3n) is 4.12. The summed E-state index contributed by atoms with van der Waals surface area (Å²) in [6, 6.07) is 4.99. The van der Waals surface area contributed by atoms with Gasteiger partial charge in [0.05, 0.1) is 17.4 Å². The molecule has 1 aromatic carbocycles. The number of carboxylic acids is 1. The molecular formula is C16H18F3NO3. The molecule has 0 aromatic heterocycles. The second-order valence-corrected chi connectivity index (χ2v) is 6.47. The van der Waals surface area contributed by atoms with Crippen molar-refractivity contribution in [2.75, 3.05) is 6.54 Å². The predicted octanol–water partition coefficient (Wildman–Crippen LogP) is 2.82. The van der Waals surface area contributed by atoms with Crippen molar-refractivity contribution in [2.24, 2.45) is 11.8 Å². The van der Waals surface area contributed by atoms with Crippen LogP contribution in [0.25, 0.3) is 0 Å². The van der Waals surface area contributed by atoms with E-state index in [1.54, 1.807) is 19.9 Å². The average molecular weight is 329 g/mol. The number of carbonyl (C=O) groups excluding carboxylic acids is 1. The predicted molar refractivity (Wildman–Crippen MR) is 76.7 cm³/mol. The Morgan fingerprint density at radius 3 is 2.35 bits per heavy atom. The molecule has 1 fully saturated rings. The Labute approximate surface area is 131 Å². The summed E-state index contributed by atoms with van der Waals surface area (Å²) in [7, 11) is 0. The van der Waals surface area contributed by atoms with Crippen LogP contribution in [0.3, 0.4) is 0 Å². The fourth-order valence-electron chi connectivity index (χ4n) is 2.42. The van der Waals surface area contributed by atoms with Crippen LogP contribution in [0.4, 0.5) is 13.2 Å². The van der Waals surface area contributed by atoms with E-state index in [1.807, 2.05) is 0 Å². The van der Waals surface area contributed by atoms with Crippen molar-refractivity contribution in [2.45, 2.75) is 31.9 Å². The van der Waals surface area contributed by atoms with Gasteiger partial charge in [0.25, 0.3) is 0 Å². The zero-order chi connectivity index (χ0) is 17.4. The molecule has 2 atom stereocenters. The number of rotatable bonds is 5. The van der Waals surface area contributed by atoms with Crippen LogP contribution >= 0.6 is 0 Å². The van der Waals surface area contributed by atoms with Gasteiger partial charge in [-0.25, -0.2) is 0 Å². The Bertz CT molecular complexity index is 625. The van der Waals surface area contributed by atoms with Gasteiger partial charge in [0.15, 0.2) is 0 Å². The molecule has 0 bridgehead atoms. The highest BCUT2D eigenvalue weighted by Gasteiger charge is 2.48. The van der Waals surface area contributed by atoms with Crippen molar-refractivity contribution in [3.05, 3.63) is 35.4 Å². The Morgan fingerprint density at radius 2 is 1.83 bits per heavy atom. The van der Waals surface area contributed by atoms with Crippen LogP contribution in [-0.4, -0.2) is 23.5 Å².